The van der Waals surface area contributed by atoms with Crippen molar-refractivity contribution in [3.05, 3.63) is 0 Å². The summed E-state index contributed by atoms with van der Waals surface area (Å²) in [6.07, 6.45) is 3.44. The predicted molar refractivity (Wildman–Crippen MR) is 60.2 cm³/mol. The Morgan fingerprint density at radius 2 is 2.33 bits per heavy atom. The van der Waals surface area contributed by atoms with E-state index < -0.39 is 0 Å². The van der Waals surface area contributed by atoms with E-state index in [-0.39, 0.29) is 30.3 Å². The van der Waals surface area contributed by atoms with Crippen LogP contribution in [0.2, 0.25) is 0 Å². The highest BCUT2D eigenvalue weighted by Gasteiger charge is 2.23. The normalized spacial score (nSPS) is 29.9. The largest absolute Gasteiger partial charge is 0.376 e. The molecule has 2 saturated heterocycles. The van der Waals surface area contributed by atoms with Crippen molar-refractivity contribution in [2.75, 3.05) is 26.2 Å². The van der Waals surface area contributed by atoms with Gasteiger partial charge >= 0.3 is 0 Å². The Hall–Kier alpha value is -0.320. The number of hydrogen-bond acceptors (Lipinski definition) is 3. The highest BCUT2D eigenvalue weighted by atomic mass is 35.5. The van der Waals surface area contributed by atoms with Gasteiger partial charge in [0.2, 0.25) is 5.91 Å². The monoisotopic (exact) mass is 234 g/mol. The van der Waals surface area contributed by atoms with E-state index in [1.807, 2.05) is 0 Å². The zero-order valence-electron chi connectivity index (χ0n) is 8.83. The molecule has 0 radical (unpaired) electrons. The fourth-order valence-electron chi connectivity index (χ4n) is 2.04. The maximum absolute atomic E-state index is 11.6. The molecular formula is C10H19ClN2O2. The molecule has 2 aliphatic rings. The topological polar surface area (TPSA) is 50.4 Å². The van der Waals surface area contributed by atoms with Crippen molar-refractivity contribution >= 4 is 18.3 Å². The van der Waals surface area contributed by atoms with Crippen molar-refractivity contribution in [1.29, 1.82) is 0 Å². The molecular weight excluding hydrogens is 216 g/mol. The van der Waals surface area contributed by atoms with E-state index in [9.17, 15) is 4.79 Å². The van der Waals surface area contributed by atoms with Crippen LogP contribution in [-0.4, -0.2) is 38.3 Å². The SMILES string of the molecule is Cl.O=C(NCC1CCCO1)[C@H]1CCNC1. The van der Waals surface area contributed by atoms with E-state index in [1.54, 1.807) is 0 Å². The van der Waals surface area contributed by atoms with Crippen LogP contribution < -0.4 is 10.6 Å². The van der Waals surface area contributed by atoms with E-state index in [2.05, 4.69) is 10.6 Å². The standard InChI is InChI=1S/C10H18N2O2.ClH/c13-10(8-3-4-11-6-8)12-7-9-2-1-5-14-9;/h8-9,11H,1-7H2,(H,12,13);1H/t8-,9?;/m0./s1. The predicted octanol–water partition coefficient (Wildman–Crippen LogP) is 0.313. The fourth-order valence-corrected chi connectivity index (χ4v) is 2.04. The third-order valence-electron chi connectivity index (χ3n) is 2.96. The molecule has 2 fully saturated rings. The van der Waals surface area contributed by atoms with Crippen LogP contribution >= 0.6 is 12.4 Å². The van der Waals surface area contributed by atoms with Crippen molar-refractivity contribution in [3.8, 4) is 0 Å². The van der Waals surface area contributed by atoms with Crippen LogP contribution in [0.3, 0.4) is 0 Å². The van der Waals surface area contributed by atoms with Gasteiger partial charge in [0, 0.05) is 19.7 Å². The second-order valence-electron chi connectivity index (χ2n) is 4.07. The van der Waals surface area contributed by atoms with Gasteiger partial charge in [0.15, 0.2) is 0 Å². The number of rotatable bonds is 3. The summed E-state index contributed by atoms with van der Waals surface area (Å²) in [6, 6.07) is 0. The number of hydrogen-bond donors (Lipinski definition) is 2. The summed E-state index contributed by atoms with van der Waals surface area (Å²) in [6.45, 7) is 3.34. The number of amides is 1. The summed E-state index contributed by atoms with van der Waals surface area (Å²) in [5.41, 5.74) is 0. The van der Waals surface area contributed by atoms with Gasteiger partial charge in [-0.2, -0.15) is 0 Å². The van der Waals surface area contributed by atoms with Gasteiger partial charge in [-0.1, -0.05) is 0 Å². The molecule has 0 spiro atoms. The van der Waals surface area contributed by atoms with Gasteiger partial charge in [0.25, 0.3) is 0 Å². The van der Waals surface area contributed by atoms with Crippen molar-refractivity contribution in [2.45, 2.75) is 25.4 Å². The molecule has 0 aromatic heterocycles. The van der Waals surface area contributed by atoms with Gasteiger partial charge in [-0.3, -0.25) is 4.79 Å². The Labute approximate surface area is 96.5 Å². The second kappa shape index (κ2) is 6.30. The van der Waals surface area contributed by atoms with Gasteiger partial charge in [0.05, 0.1) is 12.0 Å². The lowest BCUT2D eigenvalue weighted by Crippen LogP contribution is -2.36. The van der Waals surface area contributed by atoms with Crippen LogP contribution in [0, 0.1) is 5.92 Å². The van der Waals surface area contributed by atoms with E-state index in [0.29, 0.717) is 6.54 Å². The molecule has 15 heavy (non-hydrogen) atoms. The molecule has 5 heteroatoms. The zero-order chi connectivity index (χ0) is 9.80. The van der Waals surface area contributed by atoms with E-state index in [1.165, 1.54) is 0 Å². The van der Waals surface area contributed by atoms with E-state index in [4.69, 9.17) is 4.74 Å². The van der Waals surface area contributed by atoms with Crippen LogP contribution in [0.15, 0.2) is 0 Å². The maximum atomic E-state index is 11.6. The van der Waals surface area contributed by atoms with Crippen LogP contribution in [0.4, 0.5) is 0 Å². The number of ether oxygens (including phenoxy) is 1. The summed E-state index contributed by atoms with van der Waals surface area (Å²) in [5, 5.41) is 6.15. The smallest absolute Gasteiger partial charge is 0.224 e. The Kier molecular flexibility index (Phi) is 5.36. The Morgan fingerprint density at radius 1 is 1.47 bits per heavy atom. The third kappa shape index (κ3) is 3.63. The van der Waals surface area contributed by atoms with E-state index >= 15 is 0 Å². The maximum Gasteiger partial charge on any atom is 0.224 e. The van der Waals surface area contributed by atoms with Crippen LogP contribution in [-0.2, 0) is 9.53 Å². The van der Waals surface area contributed by atoms with Crippen molar-refractivity contribution in [2.24, 2.45) is 5.92 Å². The minimum Gasteiger partial charge on any atom is -0.376 e. The Bertz CT molecular complexity index is 202. The van der Waals surface area contributed by atoms with Crippen molar-refractivity contribution in [3.63, 3.8) is 0 Å². The molecule has 2 atom stereocenters. The molecule has 2 heterocycles. The number of carbonyl (C=O) groups is 1. The molecule has 4 nitrogen and oxygen atoms in total. The summed E-state index contributed by atoms with van der Waals surface area (Å²) < 4.78 is 5.44. The quantitative estimate of drug-likeness (QED) is 0.739. The number of carbonyl (C=O) groups excluding carboxylic acids is 1. The Balaban J connectivity index is 0.00000112. The lowest BCUT2D eigenvalue weighted by molar-refractivity contribution is -0.124. The van der Waals surface area contributed by atoms with Gasteiger partial charge in [-0.15, -0.1) is 12.4 Å². The molecule has 0 aliphatic carbocycles. The summed E-state index contributed by atoms with van der Waals surface area (Å²) in [7, 11) is 0. The molecule has 88 valence electrons. The summed E-state index contributed by atoms with van der Waals surface area (Å²) >= 11 is 0. The highest BCUT2D eigenvalue weighted by Crippen LogP contribution is 2.11. The lowest BCUT2D eigenvalue weighted by atomic mass is 10.1. The molecule has 0 bridgehead atoms. The molecule has 2 aliphatic heterocycles. The zero-order valence-corrected chi connectivity index (χ0v) is 9.65. The first-order valence-electron chi connectivity index (χ1n) is 5.46. The average Bonchev–Trinajstić information content (AvgIpc) is 2.87. The van der Waals surface area contributed by atoms with Gasteiger partial charge < -0.3 is 15.4 Å². The molecule has 2 N–H and O–H groups in total. The first kappa shape index (κ1) is 12.7. The average molecular weight is 235 g/mol. The van der Waals surface area contributed by atoms with Crippen LogP contribution in [0.25, 0.3) is 0 Å². The number of halogens is 1. The first-order valence-corrected chi connectivity index (χ1v) is 5.46. The number of nitrogens with one attached hydrogen (secondary N) is 2. The summed E-state index contributed by atoms with van der Waals surface area (Å²) in [4.78, 5) is 11.6. The van der Waals surface area contributed by atoms with Gasteiger partial charge in [-0.25, -0.2) is 0 Å². The molecule has 0 aromatic carbocycles. The minimum absolute atomic E-state index is 0. The molecule has 1 unspecified atom stereocenters. The minimum atomic E-state index is 0. The van der Waals surface area contributed by atoms with Gasteiger partial charge in [0.1, 0.15) is 0 Å². The summed E-state index contributed by atoms with van der Waals surface area (Å²) in [5.74, 6) is 0.363. The molecule has 1 amide bonds. The van der Waals surface area contributed by atoms with Crippen LogP contribution in [0.1, 0.15) is 19.3 Å². The lowest BCUT2D eigenvalue weighted by Gasteiger charge is -2.13. The molecule has 2 rings (SSSR count). The fraction of sp³-hybridized carbons (Fsp3) is 0.900. The van der Waals surface area contributed by atoms with Crippen molar-refractivity contribution in [1.82, 2.24) is 10.6 Å². The van der Waals surface area contributed by atoms with Gasteiger partial charge in [-0.05, 0) is 25.8 Å². The van der Waals surface area contributed by atoms with Crippen LogP contribution in [0.5, 0.6) is 0 Å². The molecule has 0 aromatic rings. The highest BCUT2D eigenvalue weighted by molar-refractivity contribution is 5.85. The Morgan fingerprint density at radius 3 is 2.93 bits per heavy atom. The van der Waals surface area contributed by atoms with Crippen molar-refractivity contribution < 1.29 is 9.53 Å². The molecule has 0 saturated carbocycles. The second-order valence-corrected chi connectivity index (χ2v) is 4.07. The van der Waals surface area contributed by atoms with E-state index in [0.717, 1.165) is 39.0 Å². The third-order valence-corrected chi connectivity index (χ3v) is 2.96. The first-order chi connectivity index (χ1) is 6.86.